The molecular weight excluding hydrogens is 370 g/mol. The molecule has 3 amide bonds. The summed E-state index contributed by atoms with van der Waals surface area (Å²) in [5, 5.41) is 5.34. The van der Waals surface area contributed by atoms with E-state index in [1.54, 1.807) is 41.2 Å². The maximum absolute atomic E-state index is 13.1. The summed E-state index contributed by atoms with van der Waals surface area (Å²) < 4.78 is 1.58. The summed E-state index contributed by atoms with van der Waals surface area (Å²) in [6.07, 6.45) is 3.43. The molecule has 2 aliphatic rings. The van der Waals surface area contributed by atoms with Crippen molar-refractivity contribution >= 4 is 34.6 Å². The zero-order valence-electron chi connectivity index (χ0n) is 13.8. The number of halogens is 1. The van der Waals surface area contributed by atoms with E-state index in [1.165, 1.54) is 0 Å². The molecule has 0 aliphatic carbocycles. The van der Waals surface area contributed by atoms with Crippen LogP contribution in [-0.2, 0) is 16.9 Å². The third kappa shape index (κ3) is 2.13. The van der Waals surface area contributed by atoms with Gasteiger partial charge in [-0.1, -0.05) is 11.6 Å². The van der Waals surface area contributed by atoms with Crippen LogP contribution < -0.4 is 16.2 Å². The van der Waals surface area contributed by atoms with E-state index in [2.05, 4.69) is 20.6 Å². The molecule has 134 valence electrons. The average molecular weight is 382 g/mol. The van der Waals surface area contributed by atoms with Gasteiger partial charge in [0.1, 0.15) is 11.2 Å². The van der Waals surface area contributed by atoms with Gasteiger partial charge in [0.15, 0.2) is 0 Å². The van der Waals surface area contributed by atoms with Crippen LogP contribution in [0.1, 0.15) is 12.0 Å². The van der Waals surface area contributed by atoms with Crippen LogP contribution in [0, 0.1) is 0 Å². The normalized spacial score (nSPS) is 20.8. The fourth-order valence-corrected chi connectivity index (χ4v) is 4.06. The van der Waals surface area contributed by atoms with Crippen molar-refractivity contribution in [1.82, 2.24) is 25.2 Å². The van der Waals surface area contributed by atoms with Gasteiger partial charge in [-0.05, 0) is 24.3 Å². The van der Waals surface area contributed by atoms with E-state index in [4.69, 9.17) is 11.6 Å². The summed E-state index contributed by atoms with van der Waals surface area (Å²) in [5.74, 6) is -0.453. The number of aryl methyl sites for hydroxylation is 1. The van der Waals surface area contributed by atoms with Crippen LogP contribution >= 0.6 is 11.6 Å². The van der Waals surface area contributed by atoms with Crippen molar-refractivity contribution in [3.63, 3.8) is 0 Å². The van der Waals surface area contributed by atoms with Crippen molar-refractivity contribution in [1.29, 1.82) is 0 Å². The molecule has 1 spiro atoms. The molecule has 1 unspecified atom stereocenters. The quantitative estimate of drug-likeness (QED) is 0.622. The first kappa shape index (κ1) is 16.0. The number of hydrogen-bond donors (Lipinski definition) is 2. The van der Waals surface area contributed by atoms with E-state index >= 15 is 0 Å². The number of carbonyl (C=O) groups is 2. The molecule has 3 aromatic rings. The number of pyridine rings is 1. The number of amides is 3. The minimum Gasteiger partial charge on any atom is -0.319 e. The second-order valence-electron chi connectivity index (χ2n) is 6.54. The molecular formula is C18H12ClN5O3. The van der Waals surface area contributed by atoms with Crippen LogP contribution in [0.15, 0.2) is 41.5 Å². The van der Waals surface area contributed by atoms with E-state index in [1.807, 2.05) is 0 Å². The van der Waals surface area contributed by atoms with Crippen molar-refractivity contribution < 1.29 is 9.59 Å². The molecule has 2 aromatic heterocycles. The molecule has 0 saturated carbocycles. The smallest absolute Gasteiger partial charge is 0.319 e. The van der Waals surface area contributed by atoms with Gasteiger partial charge < -0.3 is 9.88 Å². The highest BCUT2D eigenvalue weighted by Gasteiger charge is 2.50. The van der Waals surface area contributed by atoms with E-state index < -0.39 is 17.5 Å². The van der Waals surface area contributed by atoms with E-state index in [0.717, 1.165) is 0 Å². The number of imide groups is 1. The van der Waals surface area contributed by atoms with Crippen LogP contribution in [0.3, 0.4) is 0 Å². The molecule has 0 radical (unpaired) electrons. The SMILES string of the molecule is O=C1NC(=O)C2(CCn3c(=O)c(-c4cccnc4)nc4cc(Cl)cc2c43)N1. The van der Waals surface area contributed by atoms with Gasteiger partial charge in [-0.15, -0.1) is 0 Å². The highest BCUT2D eigenvalue weighted by molar-refractivity contribution is 6.31. The van der Waals surface area contributed by atoms with Gasteiger partial charge in [-0.3, -0.25) is 19.9 Å². The first-order valence-electron chi connectivity index (χ1n) is 8.28. The van der Waals surface area contributed by atoms with E-state index in [9.17, 15) is 14.4 Å². The van der Waals surface area contributed by atoms with Gasteiger partial charge in [0, 0.05) is 41.5 Å². The van der Waals surface area contributed by atoms with Gasteiger partial charge in [-0.25, -0.2) is 9.78 Å². The Morgan fingerprint density at radius 1 is 1.22 bits per heavy atom. The highest BCUT2D eigenvalue weighted by atomic mass is 35.5. The number of urea groups is 1. The second-order valence-corrected chi connectivity index (χ2v) is 6.98. The molecule has 5 rings (SSSR count). The number of hydrogen-bond acceptors (Lipinski definition) is 5. The number of aromatic nitrogens is 3. The van der Waals surface area contributed by atoms with Crippen LogP contribution in [-0.4, -0.2) is 26.5 Å². The highest BCUT2D eigenvalue weighted by Crippen LogP contribution is 2.39. The van der Waals surface area contributed by atoms with Gasteiger partial charge >= 0.3 is 6.03 Å². The summed E-state index contributed by atoms with van der Waals surface area (Å²) in [7, 11) is 0. The monoisotopic (exact) mass is 381 g/mol. The van der Waals surface area contributed by atoms with Gasteiger partial charge in [-0.2, -0.15) is 0 Å². The molecule has 0 bridgehead atoms. The number of benzene rings is 1. The summed E-state index contributed by atoms with van der Waals surface area (Å²) >= 11 is 6.28. The molecule has 1 atom stereocenters. The van der Waals surface area contributed by atoms with Crippen molar-refractivity contribution in [2.24, 2.45) is 0 Å². The Kier molecular flexibility index (Phi) is 3.17. The Balaban J connectivity index is 1.87. The van der Waals surface area contributed by atoms with Crippen LogP contribution in [0.4, 0.5) is 4.79 Å². The van der Waals surface area contributed by atoms with Gasteiger partial charge in [0.2, 0.25) is 0 Å². The van der Waals surface area contributed by atoms with Crippen molar-refractivity contribution in [2.75, 3.05) is 0 Å². The predicted molar refractivity (Wildman–Crippen MR) is 97.2 cm³/mol. The lowest BCUT2D eigenvalue weighted by atomic mass is 9.83. The zero-order chi connectivity index (χ0) is 18.8. The van der Waals surface area contributed by atoms with Crippen LogP contribution in [0.2, 0.25) is 5.02 Å². The fraction of sp³-hybridized carbons (Fsp3) is 0.167. The van der Waals surface area contributed by atoms with Crippen molar-refractivity contribution in [3.8, 4) is 11.3 Å². The maximum atomic E-state index is 13.1. The maximum Gasteiger partial charge on any atom is 0.322 e. The third-order valence-corrected chi connectivity index (χ3v) is 5.27. The topological polar surface area (TPSA) is 106 Å². The number of nitrogens with zero attached hydrogens (tertiary/aromatic N) is 3. The second kappa shape index (κ2) is 5.37. The molecule has 1 saturated heterocycles. The molecule has 9 heteroatoms. The molecule has 1 fully saturated rings. The minimum atomic E-state index is -1.25. The Hall–Kier alpha value is -3.26. The summed E-state index contributed by atoms with van der Waals surface area (Å²) in [4.78, 5) is 46.0. The largest absolute Gasteiger partial charge is 0.322 e. The summed E-state index contributed by atoms with van der Waals surface area (Å²) in [6, 6.07) is 6.17. The third-order valence-electron chi connectivity index (χ3n) is 5.05. The van der Waals surface area contributed by atoms with Gasteiger partial charge in [0.05, 0.1) is 11.0 Å². The Bertz CT molecular complexity index is 1210. The standard InChI is InChI=1S/C18H12ClN5O3/c19-10-6-11-14-12(7-10)21-13(9-2-1-4-20-8-9)15(25)24(14)5-3-18(11)16(26)22-17(27)23-18/h1-2,4,6-8H,3,5H2,(H2,22,23,26,27). The first-order chi connectivity index (χ1) is 13.0. The number of rotatable bonds is 1. The lowest BCUT2D eigenvalue weighted by Gasteiger charge is -2.33. The molecule has 2 aliphatic heterocycles. The zero-order valence-corrected chi connectivity index (χ0v) is 14.6. The predicted octanol–water partition coefficient (Wildman–Crippen LogP) is 1.55. The average Bonchev–Trinajstić information content (AvgIpc) is 2.94. The Morgan fingerprint density at radius 2 is 2.07 bits per heavy atom. The number of carbonyl (C=O) groups excluding carboxylic acids is 2. The lowest BCUT2D eigenvalue weighted by molar-refractivity contribution is -0.124. The number of nitrogens with one attached hydrogen (secondary N) is 2. The molecule has 1 aromatic carbocycles. The summed E-state index contributed by atoms with van der Waals surface area (Å²) in [5.41, 5.74) is 0.788. The lowest BCUT2D eigenvalue weighted by Crippen LogP contribution is -2.48. The minimum absolute atomic E-state index is 0.239. The molecule has 8 nitrogen and oxygen atoms in total. The van der Waals surface area contributed by atoms with E-state index in [-0.39, 0.29) is 24.2 Å². The Morgan fingerprint density at radius 3 is 2.78 bits per heavy atom. The fourth-order valence-electron chi connectivity index (χ4n) is 3.85. The Labute approximate surface area is 157 Å². The summed E-state index contributed by atoms with van der Waals surface area (Å²) in [6.45, 7) is 0.257. The van der Waals surface area contributed by atoms with E-state index in [0.29, 0.717) is 27.2 Å². The van der Waals surface area contributed by atoms with Crippen molar-refractivity contribution in [2.45, 2.75) is 18.5 Å². The first-order valence-corrected chi connectivity index (χ1v) is 8.66. The van der Waals surface area contributed by atoms with Gasteiger partial charge in [0.25, 0.3) is 11.5 Å². The molecule has 4 heterocycles. The molecule has 27 heavy (non-hydrogen) atoms. The van der Waals surface area contributed by atoms with Crippen LogP contribution in [0.5, 0.6) is 0 Å². The molecule has 2 N–H and O–H groups in total. The van der Waals surface area contributed by atoms with Crippen LogP contribution in [0.25, 0.3) is 22.3 Å². The van der Waals surface area contributed by atoms with Crippen molar-refractivity contribution in [3.05, 3.63) is 57.6 Å². The number of fused-ring (bicyclic) bond motifs is 1.